The second-order valence-corrected chi connectivity index (χ2v) is 6.93. The minimum absolute atomic E-state index is 0.0313. The summed E-state index contributed by atoms with van der Waals surface area (Å²) in [5, 5.41) is 35.0. The number of hydrogen-bond donors (Lipinski definition) is 3. The van der Waals surface area contributed by atoms with Gasteiger partial charge in [0.15, 0.2) is 0 Å². The molecule has 0 radical (unpaired) electrons. The predicted molar refractivity (Wildman–Crippen MR) is 94.8 cm³/mol. The molecular formula is C20H18N2O3. The Balaban J connectivity index is 2.00. The van der Waals surface area contributed by atoms with E-state index in [4.69, 9.17) is 9.98 Å². The average molecular weight is 334 g/mol. The highest BCUT2D eigenvalue weighted by molar-refractivity contribution is 6.12. The smallest absolute Gasteiger partial charge is 0.135 e. The van der Waals surface area contributed by atoms with Gasteiger partial charge in [-0.05, 0) is 12.8 Å². The molecule has 1 saturated carbocycles. The molecule has 1 fully saturated rings. The summed E-state index contributed by atoms with van der Waals surface area (Å²) in [5.41, 5.74) is 0. The van der Waals surface area contributed by atoms with Crippen LogP contribution in [-0.2, 0) is 0 Å². The second kappa shape index (κ2) is 5.09. The molecule has 126 valence electrons. The Morgan fingerprint density at radius 3 is 2.08 bits per heavy atom. The molecule has 0 bridgehead atoms. The third-order valence-corrected chi connectivity index (χ3v) is 5.46. The van der Waals surface area contributed by atoms with Crippen molar-refractivity contribution in [2.24, 2.45) is 9.98 Å². The van der Waals surface area contributed by atoms with Crippen molar-refractivity contribution in [2.75, 3.05) is 0 Å². The average Bonchev–Trinajstić information content (AvgIpc) is 2.64. The normalized spacial score (nSPS) is 22.1. The number of fused-ring (bicyclic) bond motifs is 5. The molecule has 2 aliphatic rings. The molecule has 3 N–H and O–H groups in total. The van der Waals surface area contributed by atoms with Crippen LogP contribution in [0, 0.1) is 0 Å². The highest BCUT2D eigenvalue weighted by Gasteiger charge is 2.28. The van der Waals surface area contributed by atoms with E-state index in [1.54, 1.807) is 30.3 Å². The van der Waals surface area contributed by atoms with Crippen LogP contribution in [0.2, 0.25) is 0 Å². The molecule has 3 aromatic rings. The molecule has 1 heterocycles. The Kier molecular flexibility index (Phi) is 2.95. The Morgan fingerprint density at radius 2 is 1.40 bits per heavy atom. The summed E-state index contributed by atoms with van der Waals surface area (Å²) in [6.07, 6.45) is 4.26. The Hall–Kier alpha value is -2.82. The number of rotatable bonds is 0. The van der Waals surface area contributed by atoms with Gasteiger partial charge in [-0.1, -0.05) is 37.1 Å². The van der Waals surface area contributed by atoms with Crippen LogP contribution >= 0.6 is 0 Å². The molecule has 1 aliphatic heterocycles. The van der Waals surface area contributed by atoms with Crippen LogP contribution in [0.25, 0.3) is 21.5 Å². The van der Waals surface area contributed by atoms with E-state index in [-0.39, 0.29) is 34.7 Å². The van der Waals surface area contributed by atoms with Gasteiger partial charge in [-0.25, -0.2) is 0 Å². The van der Waals surface area contributed by atoms with Gasteiger partial charge >= 0.3 is 0 Å². The zero-order valence-electron chi connectivity index (χ0n) is 13.6. The van der Waals surface area contributed by atoms with Gasteiger partial charge in [-0.3, -0.25) is 9.98 Å². The lowest BCUT2D eigenvalue weighted by molar-refractivity contribution is 0.369. The van der Waals surface area contributed by atoms with Crippen molar-refractivity contribution >= 4 is 21.5 Å². The highest BCUT2D eigenvalue weighted by atomic mass is 16.3. The van der Waals surface area contributed by atoms with Crippen molar-refractivity contribution in [1.82, 2.24) is 0 Å². The van der Waals surface area contributed by atoms with E-state index in [1.807, 2.05) is 0 Å². The fraction of sp³-hybridized carbons (Fsp3) is 0.300. The van der Waals surface area contributed by atoms with Crippen molar-refractivity contribution in [3.05, 3.63) is 41.0 Å². The number of hydrogen-bond acceptors (Lipinski definition) is 5. The Bertz CT molecular complexity index is 1150. The number of benzene rings is 3. The van der Waals surface area contributed by atoms with E-state index in [2.05, 4.69) is 0 Å². The molecule has 5 nitrogen and oxygen atoms in total. The maximum Gasteiger partial charge on any atom is 0.135 e. The summed E-state index contributed by atoms with van der Waals surface area (Å²) >= 11 is 0. The van der Waals surface area contributed by atoms with Gasteiger partial charge in [0.25, 0.3) is 0 Å². The molecule has 0 saturated heterocycles. The van der Waals surface area contributed by atoms with Crippen molar-refractivity contribution in [3.63, 3.8) is 0 Å². The second-order valence-electron chi connectivity index (χ2n) is 6.93. The first-order valence-corrected chi connectivity index (χ1v) is 8.69. The monoisotopic (exact) mass is 334 g/mol. The number of aromatic hydroxyl groups is 3. The van der Waals surface area contributed by atoms with Crippen LogP contribution in [0.4, 0.5) is 0 Å². The standard InChI is InChI=1S/C20H18N2O3/c23-15-9-14-18(22-13-8-4-3-7-12(13)21-14)17-16(15)19(24)10-5-1-2-6-11(10)20(17)25/h1-2,5-6,9,12-13,23-25H,3-4,7-8H2/t12-,13-/m0/s1. The quantitative estimate of drug-likeness (QED) is 0.436. The van der Waals surface area contributed by atoms with E-state index in [9.17, 15) is 15.3 Å². The lowest BCUT2D eigenvalue weighted by Gasteiger charge is -2.28. The summed E-state index contributed by atoms with van der Waals surface area (Å²) in [6.45, 7) is 0. The molecule has 0 amide bonds. The molecule has 3 aromatic carbocycles. The number of phenolic OH excluding ortho intramolecular Hbond substituents is 3. The zero-order chi connectivity index (χ0) is 17.1. The fourth-order valence-corrected chi connectivity index (χ4v) is 4.25. The van der Waals surface area contributed by atoms with Crippen LogP contribution in [0.3, 0.4) is 0 Å². The fourth-order valence-electron chi connectivity index (χ4n) is 4.25. The molecule has 0 unspecified atom stereocenters. The summed E-state index contributed by atoms with van der Waals surface area (Å²) in [6, 6.07) is 8.89. The minimum Gasteiger partial charge on any atom is -0.507 e. The SMILES string of the molecule is Oc1cc2c(c3c(O)c4ccccc4c(O)c13)=N[C@H]1CCCC[C@@H]1N=2. The third-order valence-electron chi connectivity index (χ3n) is 5.46. The van der Waals surface area contributed by atoms with Crippen LogP contribution in [0.15, 0.2) is 40.3 Å². The van der Waals surface area contributed by atoms with E-state index < -0.39 is 0 Å². The van der Waals surface area contributed by atoms with E-state index in [0.29, 0.717) is 26.9 Å². The Labute approximate surface area is 143 Å². The molecular weight excluding hydrogens is 316 g/mol. The molecule has 2 atom stereocenters. The Morgan fingerprint density at radius 1 is 0.800 bits per heavy atom. The third kappa shape index (κ3) is 1.95. The van der Waals surface area contributed by atoms with Crippen molar-refractivity contribution in [3.8, 4) is 17.2 Å². The largest absolute Gasteiger partial charge is 0.507 e. The van der Waals surface area contributed by atoms with Crippen molar-refractivity contribution in [2.45, 2.75) is 37.8 Å². The molecule has 5 heteroatoms. The summed E-state index contributed by atoms with van der Waals surface area (Å²) < 4.78 is 0. The molecule has 5 rings (SSSR count). The first-order valence-electron chi connectivity index (χ1n) is 8.69. The molecule has 1 aliphatic carbocycles. The van der Waals surface area contributed by atoms with Crippen molar-refractivity contribution in [1.29, 1.82) is 0 Å². The van der Waals surface area contributed by atoms with Crippen LogP contribution in [-0.4, -0.2) is 27.4 Å². The van der Waals surface area contributed by atoms with Crippen LogP contribution < -0.4 is 10.7 Å². The van der Waals surface area contributed by atoms with Crippen LogP contribution in [0.1, 0.15) is 25.7 Å². The maximum atomic E-state index is 10.9. The zero-order valence-corrected chi connectivity index (χ0v) is 13.6. The van der Waals surface area contributed by atoms with E-state index in [1.165, 1.54) is 0 Å². The van der Waals surface area contributed by atoms with Gasteiger partial charge in [0, 0.05) is 16.8 Å². The molecule has 0 aromatic heterocycles. The van der Waals surface area contributed by atoms with Crippen molar-refractivity contribution < 1.29 is 15.3 Å². The summed E-state index contributed by atoms with van der Waals surface area (Å²) in [5.74, 6) is -0.0889. The highest BCUT2D eigenvalue weighted by Crippen LogP contribution is 2.43. The lowest BCUT2D eigenvalue weighted by atomic mass is 9.90. The predicted octanol–water partition coefficient (Wildman–Crippen LogP) is 2.67. The summed E-state index contributed by atoms with van der Waals surface area (Å²) in [4.78, 5) is 9.65. The van der Waals surface area contributed by atoms with Crippen LogP contribution in [0.5, 0.6) is 17.2 Å². The van der Waals surface area contributed by atoms with E-state index >= 15 is 0 Å². The van der Waals surface area contributed by atoms with Gasteiger partial charge in [0.05, 0.1) is 33.6 Å². The lowest BCUT2D eigenvalue weighted by Crippen LogP contribution is -2.41. The maximum absolute atomic E-state index is 10.9. The first-order chi connectivity index (χ1) is 12.1. The van der Waals surface area contributed by atoms with Gasteiger partial charge in [-0.15, -0.1) is 0 Å². The van der Waals surface area contributed by atoms with Gasteiger partial charge in [0.1, 0.15) is 17.2 Å². The van der Waals surface area contributed by atoms with Gasteiger partial charge < -0.3 is 15.3 Å². The first kappa shape index (κ1) is 14.5. The minimum atomic E-state index is -0.0829. The van der Waals surface area contributed by atoms with Gasteiger partial charge in [0.2, 0.25) is 0 Å². The molecule has 25 heavy (non-hydrogen) atoms. The number of phenols is 3. The topological polar surface area (TPSA) is 85.4 Å². The summed E-state index contributed by atoms with van der Waals surface area (Å²) in [7, 11) is 0. The van der Waals surface area contributed by atoms with Gasteiger partial charge in [-0.2, -0.15) is 0 Å². The number of nitrogens with zero attached hydrogens (tertiary/aromatic N) is 2. The molecule has 0 spiro atoms. The van der Waals surface area contributed by atoms with E-state index in [0.717, 1.165) is 25.7 Å².